The van der Waals surface area contributed by atoms with Crippen LogP contribution in [0, 0.1) is 5.41 Å². The molecule has 1 heterocycles. The van der Waals surface area contributed by atoms with Crippen LogP contribution in [0.1, 0.15) is 45.7 Å². The minimum atomic E-state index is -2.44. The van der Waals surface area contributed by atoms with E-state index in [1.54, 1.807) is 42.5 Å². The lowest BCUT2D eigenvalue weighted by atomic mass is 9.57. The predicted octanol–water partition coefficient (Wildman–Crippen LogP) is 2.60. The molecular formula is C25H32O8. The fraction of sp³-hybridized carbons (Fsp3) is 0.440. The van der Waals surface area contributed by atoms with E-state index in [4.69, 9.17) is 9.47 Å². The maximum atomic E-state index is 11.5. The molecule has 2 aromatic rings. The molecule has 0 aliphatic carbocycles. The van der Waals surface area contributed by atoms with Crippen LogP contribution >= 0.6 is 0 Å². The highest BCUT2D eigenvalue weighted by atomic mass is 16.8. The van der Waals surface area contributed by atoms with Crippen molar-refractivity contribution in [2.24, 2.45) is 5.41 Å². The Bertz CT molecular complexity index is 1040. The molecule has 180 valence electrons. The zero-order valence-corrected chi connectivity index (χ0v) is 19.4. The quantitative estimate of drug-likeness (QED) is 0.374. The van der Waals surface area contributed by atoms with Crippen LogP contribution in [0.4, 0.5) is 0 Å². The number of hydrogen-bond donors (Lipinski definition) is 6. The monoisotopic (exact) mass is 460 g/mol. The molecule has 0 spiro atoms. The van der Waals surface area contributed by atoms with Gasteiger partial charge in [0.1, 0.15) is 35.1 Å². The van der Waals surface area contributed by atoms with Gasteiger partial charge in [-0.2, -0.15) is 0 Å². The number of hydrogen-bond acceptors (Lipinski definition) is 8. The number of phenols is 2. The first-order valence-electron chi connectivity index (χ1n) is 10.6. The lowest BCUT2D eigenvalue weighted by Crippen LogP contribution is -2.82. The number of rotatable bonds is 5. The van der Waals surface area contributed by atoms with Gasteiger partial charge in [0.2, 0.25) is 11.6 Å². The molecule has 8 nitrogen and oxygen atoms in total. The second-order valence-corrected chi connectivity index (χ2v) is 9.55. The number of aliphatic hydroxyl groups excluding tert-OH is 1. The Balaban J connectivity index is 1.98. The molecule has 1 aliphatic rings. The summed E-state index contributed by atoms with van der Waals surface area (Å²) >= 11 is 0. The number of aromatic hydroxyl groups is 2. The molecule has 1 aliphatic heterocycles. The van der Waals surface area contributed by atoms with E-state index >= 15 is 0 Å². The van der Waals surface area contributed by atoms with Crippen molar-refractivity contribution in [3.8, 4) is 17.2 Å². The van der Waals surface area contributed by atoms with Crippen LogP contribution in [0.3, 0.4) is 0 Å². The summed E-state index contributed by atoms with van der Waals surface area (Å²) in [5, 5.41) is 62.9. The fourth-order valence-corrected chi connectivity index (χ4v) is 4.12. The van der Waals surface area contributed by atoms with Crippen molar-refractivity contribution >= 4 is 12.2 Å². The molecule has 6 N–H and O–H groups in total. The van der Waals surface area contributed by atoms with E-state index in [9.17, 15) is 30.6 Å². The largest absolute Gasteiger partial charge is 0.508 e. The molecule has 0 radical (unpaired) electrons. The smallest absolute Gasteiger partial charge is 0.239 e. The molecule has 33 heavy (non-hydrogen) atoms. The molecule has 3 rings (SSSR count). The molecule has 0 bridgehead atoms. The Hall–Kier alpha value is -2.62. The summed E-state index contributed by atoms with van der Waals surface area (Å²) in [5.41, 5.74) is -3.93. The third-order valence-electron chi connectivity index (χ3n) is 7.24. The molecule has 1 fully saturated rings. The van der Waals surface area contributed by atoms with E-state index in [0.29, 0.717) is 5.56 Å². The van der Waals surface area contributed by atoms with E-state index in [0.717, 1.165) is 5.56 Å². The lowest BCUT2D eigenvalue weighted by molar-refractivity contribution is -0.478. The molecule has 2 aromatic carbocycles. The van der Waals surface area contributed by atoms with Crippen molar-refractivity contribution in [1.29, 1.82) is 0 Å². The normalized spacial score (nSPS) is 33.8. The zero-order valence-electron chi connectivity index (χ0n) is 19.4. The first-order chi connectivity index (χ1) is 15.1. The second-order valence-electron chi connectivity index (χ2n) is 9.55. The first kappa shape index (κ1) is 25.0. The highest BCUT2D eigenvalue weighted by Gasteiger charge is 2.74. The van der Waals surface area contributed by atoms with Crippen molar-refractivity contribution in [3.63, 3.8) is 0 Å². The van der Waals surface area contributed by atoms with Crippen molar-refractivity contribution in [2.75, 3.05) is 6.61 Å². The number of phenolic OH excluding ortho intramolecular Hbond substituents is 2. The van der Waals surface area contributed by atoms with Gasteiger partial charge < -0.3 is 40.1 Å². The fourth-order valence-electron chi connectivity index (χ4n) is 4.12. The predicted molar refractivity (Wildman–Crippen MR) is 122 cm³/mol. The van der Waals surface area contributed by atoms with Gasteiger partial charge in [0.15, 0.2) is 0 Å². The van der Waals surface area contributed by atoms with Crippen molar-refractivity contribution in [1.82, 2.24) is 0 Å². The van der Waals surface area contributed by atoms with E-state index < -0.39 is 34.8 Å². The lowest BCUT2D eigenvalue weighted by Gasteiger charge is -2.64. The van der Waals surface area contributed by atoms with Gasteiger partial charge in [-0.05, 0) is 49.2 Å². The molecule has 0 amide bonds. The minimum absolute atomic E-state index is 0.111. The van der Waals surface area contributed by atoms with Crippen LogP contribution in [0.25, 0.3) is 12.2 Å². The van der Waals surface area contributed by atoms with E-state index in [2.05, 4.69) is 0 Å². The third-order valence-corrected chi connectivity index (χ3v) is 7.24. The third kappa shape index (κ3) is 3.98. The van der Waals surface area contributed by atoms with E-state index in [-0.39, 0.29) is 17.2 Å². The summed E-state index contributed by atoms with van der Waals surface area (Å²) in [6, 6.07) is 11.0. The van der Waals surface area contributed by atoms with Gasteiger partial charge in [-0.3, -0.25) is 0 Å². The van der Waals surface area contributed by atoms with Crippen LogP contribution in [-0.2, 0) is 4.74 Å². The Morgan fingerprint density at radius 1 is 0.788 bits per heavy atom. The highest BCUT2D eigenvalue weighted by Crippen LogP contribution is 2.57. The SMILES string of the molecule is CC1(Oc2cc(O)cc(C=Cc3ccc(O)cc3)c2)OC(O)(CO)[C@@](C)(O)C(C)(C)[C@]1(C)O. The van der Waals surface area contributed by atoms with Crippen LogP contribution < -0.4 is 4.74 Å². The summed E-state index contributed by atoms with van der Waals surface area (Å²) in [7, 11) is 0. The second kappa shape index (κ2) is 8.00. The van der Waals surface area contributed by atoms with Gasteiger partial charge in [-0.25, -0.2) is 0 Å². The molecule has 4 atom stereocenters. The van der Waals surface area contributed by atoms with Crippen LogP contribution in [-0.4, -0.2) is 60.0 Å². The topological polar surface area (TPSA) is 140 Å². The van der Waals surface area contributed by atoms with Gasteiger partial charge in [0.05, 0.1) is 0 Å². The Morgan fingerprint density at radius 2 is 1.36 bits per heavy atom. The van der Waals surface area contributed by atoms with Crippen LogP contribution in [0.15, 0.2) is 42.5 Å². The Kier molecular flexibility index (Phi) is 6.06. The number of benzene rings is 2. The van der Waals surface area contributed by atoms with Gasteiger partial charge in [0, 0.05) is 18.4 Å². The maximum absolute atomic E-state index is 11.5. The standard InChI is InChI=1S/C25H32O8/c1-21(2)22(3,29)24(5,33-25(31,15-26)23(21,4)30)32-20-13-17(12-19(28)14-20)7-6-16-8-10-18(27)11-9-16/h6-14,26-31H,15H2,1-5H3/t22-,23-,24?,25?/m0/s1. The Labute approximate surface area is 193 Å². The summed E-state index contributed by atoms with van der Waals surface area (Å²) in [6.45, 7) is 6.20. The average molecular weight is 461 g/mol. The summed E-state index contributed by atoms with van der Waals surface area (Å²) in [6.07, 6.45) is 3.50. The van der Waals surface area contributed by atoms with Gasteiger partial charge in [0.25, 0.3) is 0 Å². The molecule has 0 aromatic heterocycles. The van der Waals surface area contributed by atoms with Crippen molar-refractivity contribution in [2.45, 2.75) is 57.4 Å². The number of ether oxygens (including phenoxy) is 2. The summed E-state index contributed by atoms with van der Waals surface area (Å²) in [4.78, 5) is 0. The molecule has 2 unspecified atom stereocenters. The maximum Gasteiger partial charge on any atom is 0.239 e. The minimum Gasteiger partial charge on any atom is -0.508 e. The van der Waals surface area contributed by atoms with E-state index in [1.807, 2.05) is 0 Å². The van der Waals surface area contributed by atoms with Crippen molar-refractivity contribution in [3.05, 3.63) is 53.6 Å². The van der Waals surface area contributed by atoms with Crippen molar-refractivity contribution < 1.29 is 40.1 Å². The Morgan fingerprint density at radius 3 is 1.94 bits per heavy atom. The van der Waals surface area contributed by atoms with Gasteiger partial charge >= 0.3 is 0 Å². The van der Waals surface area contributed by atoms with Crippen LogP contribution in [0.5, 0.6) is 17.2 Å². The molecule has 1 saturated heterocycles. The van der Waals surface area contributed by atoms with Crippen LogP contribution in [0.2, 0.25) is 0 Å². The zero-order chi connectivity index (χ0) is 24.9. The molecular weight excluding hydrogens is 428 g/mol. The highest BCUT2D eigenvalue weighted by molar-refractivity contribution is 5.71. The average Bonchev–Trinajstić information content (AvgIpc) is 2.71. The number of aliphatic hydroxyl groups is 4. The summed E-state index contributed by atoms with van der Waals surface area (Å²) < 4.78 is 11.7. The van der Waals surface area contributed by atoms with E-state index in [1.165, 1.54) is 46.8 Å². The first-order valence-corrected chi connectivity index (χ1v) is 10.6. The van der Waals surface area contributed by atoms with Gasteiger partial charge in [-0.15, -0.1) is 0 Å². The summed E-state index contributed by atoms with van der Waals surface area (Å²) in [5.74, 6) is -4.20. The van der Waals surface area contributed by atoms with Gasteiger partial charge in [-0.1, -0.05) is 38.1 Å². The molecule has 0 saturated carbocycles. The molecule has 8 heteroatoms.